The predicted octanol–water partition coefficient (Wildman–Crippen LogP) is 2.86. The van der Waals surface area contributed by atoms with Crippen LogP contribution in [0.1, 0.15) is 37.7 Å². The van der Waals surface area contributed by atoms with Crippen molar-refractivity contribution in [1.82, 2.24) is 15.0 Å². The second-order valence-corrected chi connectivity index (χ2v) is 3.44. The van der Waals surface area contributed by atoms with E-state index < -0.39 is 0 Å². The fraction of sp³-hybridized carbons (Fsp3) is 0.417. The quantitative estimate of drug-likeness (QED) is 0.709. The summed E-state index contributed by atoms with van der Waals surface area (Å²) in [6, 6.07) is 0. The Hall–Kier alpha value is -1.51. The summed E-state index contributed by atoms with van der Waals surface area (Å²) >= 11 is 0. The van der Waals surface area contributed by atoms with Crippen molar-refractivity contribution in [2.75, 3.05) is 0 Å². The molecule has 3 heteroatoms. The lowest BCUT2D eigenvalue weighted by Gasteiger charge is -2.01. The zero-order valence-electron chi connectivity index (χ0n) is 9.78. The minimum absolute atomic E-state index is 0.765. The molecule has 0 amide bonds. The molecule has 0 aliphatic carbocycles. The van der Waals surface area contributed by atoms with E-state index in [2.05, 4.69) is 28.0 Å². The molecule has 0 aliphatic rings. The van der Waals surface area contributed by atoms with Crippen LogP contribution >= 0.6 is 0 Å². The highest BCUT2D eigenvalue weighted by Crippen LogP contribution is 2.08. The van der Waals surface area contributed by atoms with Crippen LogP contribution in [0.25, 0.3) is 5.57 Å². The van der Waals surface area contributed by atoms with Crippen LogP contribution in [0.15, 0.2) is 18.2 Å². The lowest BCUT2D eigenvalue weighted by atomic mass is 10.2. The zero-order valence-corrected chi connectivity index (χ0v) is 9.78. The molecule has 15 heavy (non-hydrogen) atoms. The summed E-state index contributed by atoms with van der Waals surface area (Å²) in [7, 11) is 0. The molecule has 0 saturated carbocycles. The van der Waals surface area contributed by atoms with Gasteiger partial charge in [-0.1, -0.05) is 25.2 Å². The standard InChI is InChI=1S/C12H17N3/c1-5-6-7-8-9(2)12-14-10(3)13-11(4)15-12/h6-8H,5H2,1-4H3/b7-6-,9-8+. The SMILES string of the molecule is CC/C=C\C=C(/C)c1nc(C)nc(C)n1. The lowest BCUT2D eigenvalue weighted by molar-refractivity contribution is 0.900. The third-order valence-corrected chi connectivity index (χ3v) is 1.93. The first kappa shape index (κ1) is 11.6. The molecular weight excluding hydrogens is 186 g/mol. The molecule has 80 valence electrons. The van der Waals surface area contributed by atoms with Crippen molar-refractivity contribution in [3.8, 4) is 0 Å². The molecule has 0 bridgehead atoms. The Labute approximate surface area is 91.0 Å². The third kappa shape index (κ3) is 3.62. The first-order valence-electron chi connectivity index (χ1n) is 5.16. The smallest absolute Gasteiger partial charge is 0.158 e. The number of nitrogens with zero attached hydrogens (tertiary/aromatic N) is 3. The summed E-state index contributed by atoms with van der Waals surface area (Å²) < 4.78 is 0. The van der Waals surface area contributed by atoms with Crippen LogP contribution in [0.5, 0.6) is 0 Å². The average Bonchev–Trinajstić information content (AvgIpc) is 2.16. The van der Waals surface area contributed by atoms with Gasteiger partial charge in [-0.3, -0.25) is 0 Å². The predicted molar refractivity (Wildman–Crippen MR) is 62.4 cm³/mol. The zero-order chi connectivity index (χ0) is 11.3. The van der Waals surface area contributed by atoms with Crippen LogP contribution in [0, 0.1) is 13.8 Å². The highest BCUT2D eigenvalue weighted by Gasteiger charge is 2.01. The number of aryl methyl sites for hydroxylation is 2. The van der Waals surface area contributed by atoms with Gasteiger partial charge in [0.15, 0.2) is 5.82 Å². The fourth-order valence-corrected chi connectivity index (χ4v) is 1.22. The van der Waals surface area contributed by atoms with Crippen LogP contribution in [0.2, 0.25) is 0 Å². The maximum absolute atomic E-state index is 4.29. The Balaban J connectivity index is 2.95. The van der Waals surface area contributed by atoms with Crippen molar-refractivity contribution in [3.63, 3.8) is 0 Å². The molecule has 0 aliphatic heterocycles. The van der Waals surface area contributed by atoms with Gasteiger partial charge in [-0.15, -0.1) is 0 Å². The van der Waals surface area contributed by atoms with E-state index in [0.29, 0.717) is 0 Å². The molecule has 0 saturated heterocycles. The monoisotopic (exact) mass is 203 g/mol. The maximum Gasteiger partial charge on any atom is 0.158 e. The van der Waals surface area contributed by atoms with Crippen molar-refractivity contribution >= 4 is 5.57 Å². The molecule has 1 aromatic heterocycles. The Morgan fingerprint density at radius 1 is 1.13 bits per heavy atom. The van der Waals surface area contributed by atoms with Crippen molar-refractivity contribution < 1.29 is 0 Å². The van der Waals surface area contributed by atoms with Crippen LogP contribution < -0.4 is 0 Å². The molecule has 0 unspecified atom stereocenters. The first-order valence-corrected chi connectivity index (χ1v) is 5.16. The van der Waals surface area contributed by atoms with Gasteiger partial charge in [0.2, 0.25) is 0 Å². The highest BCUT2D eigenvalue weighted by molar-refractivity contribution is 5.59. The number of allylic oxidation sites excluding steroid dienone is 4. The highest BCUT2D eigenvalue weighted by atomic mass is 15.0. The van der Waals surface area contributed by atoms with E-state index >= 15 is 0 Å². The third-order valence-electron chi connectivity index (χ3n) is 1.93. The first-order chi connectivity index (χ1) is 7.13. The molecule has 0 spiro atoms. The Bertz CT molecular complexity index is 372. The molecule has 1 aromatic rings. The van der Waals surface area contributed by atoms with E-state index in [4.69, 9.17) is 0 Å². The van der Waals surface area contributed by atoms with Crippen LogP contribution in [-0.2, 0) is 0 Å². The van der Waals surface area contributed by atoms with E-state index in [0.717, 1.165) is 29.5 Å². The van der Waals surface area contributed by atoms with Crippen molar-refractivity contribution in [2.24, 2.45) is 0 Å². The largest absolute Gasteiger partial charge is 0.219 e. The molecule has 3 nitrogen and oxygen atoms in total. The minimum atomic E-state index is 0.765. The second kappa shape index (κ2) is 5.39. The lowest BCUT2D eigenvalue weighted by Crippen LogP contribution is -2.00. The Morgan fingerprint density at radius 3 is 2.27 bits per heavy atom. The summed E-state index contributed by atoms with van der Waals surface area (Å²) in [5.41, 5.74) is 1.06. The van der Waals surface area contributed by atoms with Gasteiger partial charge >= 0.3 is 0 Å². The summed E-state index contributed by atoms with van der Waals surface area (Å²) in [6.07, 6.45) is 7.20. The number of hydrogen-bond acceptors (Lipinski definition) is 3. The minimum Gasteiger partial charge on any atom is -0.219 e. The van der Waals surface area contributed by atoms with Crippen molar-refractivity contribution in [3.05, 3.63) is 35.7 Å². The van der Waals surface area contributed by atoms with E-state index in [-0.39, 0.29) is 0 Å². The number of rotatable bonds is 3. The van der Waals surface area contributed by atoms with E-state index in [1.165, 1.54) is 0 Å². The molecule has 0 N–H and O–H groups in total. The van der Waals surface area contributed by atoms with Crippen molar-refractivity contribution in [1.29, 1.82) is 0 Å². The normalized spacial score (nSPS) is 12.4. The fourth-order valence-electron chi connectivity index (χ4n) is 1.22. The summed E-state index contributed by atoms with van der Waals surface area (Å²) in [5, 5.41) is 0. The van der Waals surface area contributed by atoms with Crippen LogP contribution in [-0.4, -0.2) is 15.0 Å². The van der Waals surface area contributed by atoms with Crippen molar-refractivity contribution in [2.45, 2.75) is 34.1 Å². The van der Waals surface area contributed by atoms with Gasteiger partial charge in [-0.05, 0) is 32.8 Å². The van der Waals surface area contributed by atoms with Crippen LogP contribution in [0.3, 0.4) is 0 Å². The van der Waals surface area contributed by atoms with E-state index in [1.54, 1.807) is 0 Å². The van der Waals surface area contributed by atoms with Gasteiger partial charge in [0.1, 0.15) is 11.6 Å². The maximum atomic E-state index is 4.29. The molecule has 1 heterocycles. The van der Waals surface area contributed by atoms with Crippen LogP contribution in [0.4, 0.5) is 0 Å². The average molecular weight is 203 g/mol. The summed E-state index contributed by atoms with van der Waals surface area (Å²) in [4.78, 5) is 12.7. The van der Waals surface area contributed by atoms with Gasteiger partial charge in [0.25, 0.3) is 0 Å². The van der Waals surface area contributed by atoms with Gasteiger partial charge in [-0.2, -0.15) is 0 Å². The van der Waals surface area contributed by atoms with Gasteiger partial charge < -0.3 is 0 Å². The number of hydrogen-bond donors (Lipinski definition) is 0. The molecule has 0 atom stereocenters. The van der Waals surface area contributed by atoms with E-state index in [9.17, 15) is 0 Å². The van der Waals surface area contributed by atoms with Gasteiger partial charge in [0, 0.05) is 0 Å². The molecular formula is C12H17N3. The Morgan fingerprint density at radius 2 is 1.73 bits per heavy atom. The molecule has 0 radical (unpaired) electrons. The van der Waals surface area contributed by atoms with E-state index in [1.807, 2.05) is 32.9 Å². The topological polar surface area (TPSA) is 38.7 Å². The van der Waals surface area contributed by atoms with Gasteiger partial charge in [-0.25, -0.2) is 15.0 Å². The molecule has 1 rings (SSSR count). The molecule has 0 aromatic carbocycles. The number of aromatic nitrogens is 3. The summed E-state index contributed by atoms with van der Waals surface area (Å²) in [6.45, 7) is 7.88. The van der Waals surface area contributed by atoms with Gasteiger partial charge in [0.05, 0.1) is 0 Å². The Kier molecular flexibility index (Phi) is 4.16. The second-order valence-electron chi connectivity index (χ2n) is 3.44. The summed E-state index contributed by atoms with van der Waals surface area (Å²) in [5.74, 6) is 2.30. The molecule has 0 fully saturated rings.